The first-order valence-corrected chi connectivity index (χ1v) is 7.74. The number of rotatable bonds is 6. The van der Waals surface area contributed by atoms with Crippen LogP contribution in [0.4, 0.5) is 0 Å². The van der Waals surface area contributed by atoms with E-state index < -0.39 is 5.97 Å². The highest BCUT2D eigenvalue weighted by Gasteiger charge is 2.20. The van der Waals surface area contributed by atoms with Gasteiger partial charge in [-0.3, -0.25) is 4.68 Å². The zero-order valence-electron chi connectivity index (χ0n) is 13.2. The Bertz CT molecular complexity index is 747. The van der Waals surface area contributed by atoms with Crippen LogP contribution >= 0.6 is 11.6 Å². The molecule has 0 bridgehead atoms. The van der Waals surface area contributed by atoms with Crippen LogP contribution in [0.25, 0.3) is 0 Å². The molecule has 1 aromatic carbocycles. The van der Waals surface area contributed by atoms with Crippen molar-refractivity contribution < 1.29 is 9.53 Å². The van der Waals surface area contributed by atoms with Crippen LogP contribution < -0.4 is 0 Å². The van der Waals surface area contributed by atoms with Crippen molar-refractivity contribution in [3.63, 3.8) is 0 Å². The maximum atomic E-state index is 12.2. The Hall–Kier alpha value is -2.32. The van der Waals surface area contributed by atoms with Crippen LogP contribution in [0.2, 0.25) is 5.02 Å². The molecule has 23 heavy (non-hydrogen) atoms. The number of carbonyl (C=O) groups is 1. The summed E-state index contributed by atoms with van der Waals surface area (Å²) in [6, 6.07) is 9.56. The molecule has 0 atom stereocenters. The normalized spacial score (nSPS) is 10.3. The van der Waals surface area contributed by atoms with E-state index in [1.807, 2.05) is 37.3 Å². The number of hydrogen-bond donors (Lipinski definition) is 0. The second kappa shape index (κ2) is 7.80. The topological polar surface area (TPSA) is 67.9 Å². The Kier molecular flexibility index (Phi) is 5.78. The van der Waals surface area contributed by atoms with E-state index in [4.69, 9.17) is 21.6 Å². The molecule has 0 amide bonds. The van der Waals surface area contributed by atoms with Gasteiger partial charge in [-0.15, -0.1) is 0 Å². The highest BCUT2D eigenvalue weighted by Crippen LogP contribution is 2.20. The molecule has 0 aliphatic carbocycles. The fraction of sp³-hybridized carbons (Fsp3) is 0.353. The Morgan fingerprint density at radius 3 is 2.83 bits per heavy atom. The molecule has 120 valence electrons. The monoisotopic (exact) mass is 331 g/mol. The fourth-order valence-electron chi connectivity index (χ4n) is 2.32. The molecule has 0 fully saturated rings. The molecule has 2 aromatic rings. The lowest BCUT2D eigenvalue weighted by Gasteiger charge is -2.07. The standard InChI is InChI=1S/C17H18ClN3O2/c1-12-16(17(22)23-10-6-5-9-19)13(2)21(20-12)11-14-7-3-4-8-15(14)18/h3-4,7-8H,5-6,10-11H2,1-2H3. The summed E-state index contributed by atoms with van der Waals surface area (Å²) in [5, 5.41) is 13.6. The fourth-order valence-corrected chi connectivity index (χ4v) is 2.52. The van der Waals surface area contributed by atoms with Crippen LogP contribution in [-0.4, -0.2) is 22.4 Å². The van der Waals surface area contributed by atoms with Gasteiger partial charge < -0.3 is 4.74 Å². The predicted octanol–water partition coefficient (Wildman–Crippen LogP) is 3.66. The molecule has 5 nitrogen and oxygen atoms in total. The van der Waals surface area contributed by atoms with Crippen molar-refractivity contribution in [3.8, 4) is 6.07 Å². The van der Waals surface area contributed by atoms with Crippen LogP contribution in [0.1, 0.15) is 40.2 Å². The molecule has 1 aromatic heterocycles. The lowest BCUT2D eigenvalue weighted by atomic mass is 10.2. The van der Waals surface area contributed by atoms with Crippen LogP contribution in [0, 0.1) is 25.2 Å². The number of aryl methyl sites for hydroxylation is 1. The van der Waals surface area contributed by atoms with E-state index in [9.17, 15) is 4.79 Å². The quantitative estimate of drug-likeness (QED) is 0.598. The van der Waals surface area contributed by atoms with Crippen molar-refractivity contribution >= 4 is 17.6 Å². The average molecular weight is 332 g/mol. The number of carbonyl (C=O) groups excluding carboxylic acids is 1. The average Bonchev–Trinajstić information content (AvgIpc) is 2.80. The van der Waals surface area contributed by atoms with Gasteiger partial charge in [-0.05, 0) is 31.9 Å². The van der Waals surface area contributed by atoms with E-state index in [2.05, 4.69) is 5.10 Å². The van der Waals surface area contributed by atoms with Gasteiger partial charge >= 0.3 is 5.97 Å². The Morgan fingerprint density at radius 1 is 1.39 bits per heavy atom. The smallest absolute Gasteiger partial charge is 0.341 e. The van der Waals surface area contributed by atoms with Gasteiger partial charge in [0.15, 0.2) is 0 Å². The molecule has 6 heteroatoms. The van der Waals surface area contributed by atoms with Gasteiger partial charge in [0.1, 0.15) is 5.56 Å². The molecular weight excluding hydrogens is 314 g/mol. The van der Waals surface area contributed by atoms with Gasteiger partial charge in [0.25, 0.3) is 0 Å². The predicted molar refractivity (Wildman–Crippen MR) is 87.4 cm³/mol. The van der Waals surface area contributed by atoms with E-state index >= 15 is 0 Å². The van der Waals surface area contributed by atoms with Gasteiger partial charge in [0.2, 0.25) is 0 Å². The van der Waals surface area contributed by atoms with Gasteiger partial charge in [0, 0.05) is 11.4 Å². The molecule has 0 N–H and O–H groups in total. The zero-order chi connectivity index (χ0) is 16.8. The van der Waals surface area contributed by atoms with Crippen LogP contribution in [0.5, 0.6) is 0 Å². The number of esters is 1. The molecule has 0 saturated heterocycles. The summed E-state index contributed by atoms with van der Waals surface area (Å²) < 4.78 is 6.96. The number of nitriles is 1. The first-order chi connectivity index (χ1) is 11.0. The molecule has 0 saturated carbocycles. The molecule has 0 spiro atoms. The molecule has 0 aliphatic heterocycles. The summed E-state index contributed by atoms with van der Waals surface area (Å²) in [5.74, 6) is -0.400. The largest absolute Gasteiger partial charge is 0.462 e. The van der Waals surface area contributed by atoms with Crippen molar-refractivity contribution in [2.45, 2.75) is 33.2 Å². The summed E-state index contributed by atoms with van der Waals surface area (Å²) in [6.07, 6.45) is 0.908. The highest BCUT2D eigenvalue weighted by molar-refractivity contribution is 6.31. The van der Waals surface area contributed by atoms with E-state index in [0.717, 1.165) is 11.3 Å². The van der Waals surface area contributed by atoms with Crippen molar-refractivity contribution in [2.24, 2.45) is 0 Å². The van der Waals surface area contributed by atoms with Crippen molar-refractivity contribution in [1.29, 1.82) is 5.26 Å². The number of hydrogen-bond acceptors (Lipinski definition) is 4. The maximum absolute atomic E-state index is 12.2. The van der Waals surface area contributed by atoms with E-state index in [0.29, 0.717) is 35.7 Å². The van der Waals surface area contributed by atoms with Crippen LogP contribution in [0.3, 0.4) is 0 Å². The van der Waals surface area contributed by atoms with Crippen molar-refractivity contribution in [3.05, 3.63) is 51.8 Å². The number of halogens is 1. The lowest BCUT2D eigenvalue weighted by molar-refractivity contribution is 0.0500. The molecule has 0 unspecified atom stereocenters. The minimum absolute atomic E-state index is 0.237. The number of aromatic nitrogens is 2. The van der Waals surface area contributed by atoms with Gasteiger partial charge in [-0.1, -0.05) is 29.8 Å². The third-order valence-electron chi connectivity index (χ3n) is 3.53. The first kappa shape index (κ1) is 17.0. The summed E-state index contributed by atoms with van der Waals surface area (Å²) in [4.78, 5) is 12.2. The van der Waals surface area contributed by atoms with Crippen molar-refractivity contribution in [2.75, 3.05) is 6.61 Å². The maximum Gasteiger partial charge on any atom is 0.341 e. The van der Waals surface area contributed by atoms with Gasteiger partial charge in [-0.25, -0.2) is 4.79 Å². The number of nitrogens with zero attached hydrogens (tertiary/aromatic N) is 3. The lowest BCUT2D eigenvalue weighted by Crippen LogP contribution is -2.10. The first-order valence-electron chi connectivity index (χ1n) is 7.36. The highest BCUT2D eigenvalue weighted by atomic mass is 35.5. The molecule has 0 radical (unpaired) electrons. The minimum Gasteiger partial charge on any atom is -0.462 e. The van der Waals surface area contributed by atoms with Crippen LogP contribution in [-0.2, 0) is 11.3 Å². The number of benzene rings is 1. The third kappa shape index (κ3) is 4.11. The van der Waals surface area contributed by atoms with Gasteiger partial charge in [-0.2, -0.15) is 10.4 Å². The second-order valence-electron chi connectivity index (χ2n) is 5.19. The zero-order valence-corrected chi connectivity index (χ0v) is 13.9. The molecule has 2 rings (SSSR count). The number of ether oxygens (including phenoxy) is 1. The van der Waals surface area contributed by atoms with E-state index in [1.165, 1.54) is 0 Å². The Balaban J connectivity index is 2.14. The van der Waals surface area contributed by atoms with E-state index in [1.54, 1.807) is 11.6 Å². The minimum atomic E-state index is -0.400. The summed E-state index contributed by atoms with van der Waals surface area (Å²) in [7, 11) is 0. The summed E-state index contributed by atoms with van der Waals surface area (Å²) >= 11 is 6.17. The second-order valence-corrected chi connectivity index (χ2v) is 5.60. The molecule has 0 aliphatic rings. The molecule has 1 heterocycles. The Labute approximate surface area is 140 Å². The third-order valence-corrected chi connectivity index (χ3v) is 3.90. The van der Waals surface area contributed by atoms with Crippen molar-refractivity contribution in [1.82, 2.24) is 9.78 Å². The molecular formula is C17H18ClN3O2. The Morgan fingerprint density at radius 2 is 2.13 bits per heavy atom. The summed E-state index contributed by atoms with van der Waals surface area (Å²) in [6.45, 7) is 4.35. The SMILES string of the molecule is Cc1nn(Cc2ccccc2Cl)c(C)c1C(=O)OCCCC#N. The van der Waals surface area contributed by atoms with Gasteiger partial charge in [0.05, 0.1) is 30.6 Å². The number of unbranched alkanes of at least 4 members (excludes halogenated alkanes) is 1. The van der Waals surface area contributed by atoms with Crippen LogP contribution in [0.15, 0.2) is 24.3 Å². The van der Waals surface area contributed by atoms with E-state index in [-0.39, 0.29) is 6.61 Å². The summed E-state index contributed by atoms with van der Waals surface area (Å²) in [5.41, 5.74) is 2.79.